The topological polar surface area (TPSA) is 72.5 Å². The van der Waals surface area contributed by atoms with Gasteiger partial charge in [-0.25, -0.2) is 4.39 Å². The summed E-state index contributed by atoms with van der Waals surface area (Å²) >= 11 is 0. The molecule has 0 aromatic heterocycles. The van der Waals surface area contributed by atoms with Crippen molar-refractivity contribution in [3.63, 3.8) is 0 Å². The molecule has 0 fully saturated rings. The number of amides is 1. The summed E-state index contributed by atoms with van der Waals surface area (Å²) in [5.74, 6) is -4.43. The lowest BCUT2D eigenvalue weighted by Crippen LogP contribution is -2.40. The molecule has 0 saturated heterocycles. The zero-order valence-electron chi connectivity index (χ0n) is 21.8. The third-order valence-corrected chi connectivity index (χ3v) is 6.44. The number of ether oxygens (including phenoxy) is 1. The first-order valence-electron chi connectivity index (χ1n) is 12.8. The molecule has 1 amide bonds. The highest BCUT2D eigenvalue weighted by atomic mass is 19.1. The first-order valence-corrected chi connectivity index (χ1v) is 12.8. The van der Waals surface area contributed by atoms with Gasteiger partial charge in [0.2, 0.25) is 5.91 Å². The summed E-state index contributed by atoms with van der Waals surface area (Å²) in [6.45, 7) is 3.69. The molecule has 4 aromatic carbocycles. The van der Waals surface area contributed by atoms with Crippen molar-refractivity contribution in [3.05, 3.63) is 132 Å². The van der Waals surface area contributed by atoms with Crippen LogP contribution < -0.4 is 10.1 Å². The van der Waals surface area contributed by atoms with Gasteiger partial charge in [0, 0.05) is 11.5 Å². The van der Waals surface area contributed by atoms with E-state index in [0.29, 0.717) is 17.0 Å². The molecule has 0 radical (unpaired) electrons. The van der Waals surface area contributed by atoms with Gasteiger partial charge in [-0.05, 0) is 47.5 Å². The van der Waals surface area contributed by atoms with Crippen molar-refractivity contribution in [1.82, 2.24) is 0 Å². The monoisotopic (exact) mass is 523 g/mol. The minimum atomic E-state index is -1.33. The number of Topliss-reactive ketones (excluding diaryl/α,β-unsaturated/α-hetero) is 2. The smallest absolute Gasteiger partial charge is 0.236 e. The minimum absolute atomic E-state index is 0.214. The maximum Gasteiger partial charge on any atom is 0.236 e. The number of hydrogen-bond acceptors (Lipinski definition) is 4. The number of carbonyl (C=O) groups is 3. The molecule has 0 aliphatic carbocycles. The van der Waals surface area contributed by atoms with Crippen LogP contribution in [-0.2, 0) is 16.2 Å². The standard InChI is InChI=1S/C33H30FNO4/c1-22(2)31(36)30(29(24-13-7-4-8-14-24)32(37)25-17-19-26(34)20-18-25)33(38)35-27-15-9-10-16-28(27)39-21-23-11-5-3-6-12-23/h3-20,22,29-30H,21H2,1-2H3,(H,35,38)/t29-,30+/m1/s1. The second kappa shape index (κ2) is 12.8. The zero-order valence-corrected chi connectivity index (χ0v) is 21.8. The van der Waals surface area contributed by atoms with Gasteiger partial charge >= 0.3 is 0 Å². The Bertz CT molecular complexity index is 1420. The number of ketones is 2. The summed E-state index contributed by atoms with van der Waals surface area (Å²) in [6, 6.07) is 30.4. The van der Waals surface area contributed by atoms with Gasteiger partial charge in [0.25, 0.3) is 0 Å². The molecule has 5 nitrogen and oxygen atoms in total. The van der Waals surface area contributed by atoms with Crippen molar-refractivity contribution in [1.29, 1.82) is 0 Å². The Morgan fingerprint density at radius 2 is 1.36 bits per heavy atom. The highest BCUT2D eigenvalue weighted by molar-refractivity contribution is 6.15. The van der Waals surface area contributed by atoms with Crippen LogP contribution in [-0.4, -0.2) is 17.5 Å². The summed E-state index contributed by atoms with van der Waals surface area (Å²) in [4.78, 5) is 41.3. The normalized spacial score (nSPS) is 12.4. The van der Waals surface area contributed by atoms with E-state index in [1.165, 1.54) is 24.3 Å². The fraction of sp³-hybridized carbons (Fsp3) is 0.182. The molecule has 198 valence electrons. The van der Waals surface area contributed by atoms with Crippen LogP contribution in [0.25, 0.3) is 0 Å². The maximum atomic E-state index is 13.9. The summed E-state index contributed by atoms with van der Waals surface area (Å²) in [7, 11) is 0. The predicted molar refractivity (Wildman–Crippen MR) is 149 cm³/mol. The van der Waals surface area contributed by atoms with Crippen molar-refractivity contribution in [2.75, 3.05) is 5.32 Å². The fourth-order valence-electron chi connectivity index (χ4n) is 4.39. The Balaban J connectivity index is 1.69. The molecule has 0 saturated carbocycles. The second-order valence-electron chi connectivity index (χ2n) is 9.55. The number of halogens is 1. The Morgan fingerprint density at radius 1 is 0.769 bits per heavy atom. The molecule has 0 aliphatic rings. The number of hydrogen-bond donors (Lipinski definition) is 1. The largest absolute Gasteiger partial charge is 0.487 e. The Kier molecular flexibility index (Phi) is 9.00. The van der Waals surface area contributed by atoms with Gasteiger partial charge in [-0.1, -0.05) is 86.6 Å². The van der Waals surface area contributed by atoms with Gasteiger partial charge in [0.1, 0.15) is 29.9 Å². The lowest BCUT2D eigenvalue weighted by atomic mass is 9.75. The number of para-hydroxylation sites is 2. The average Bonchev–Trinajstić information content (AvgIpc) is 2.96. The fourth-order valence-corrected chi connectivity index (χ4v) is 4.39. The maximum absolute atomic E-state index is 13.9. The first-order chi connectivity index (χ1) is 18.8. The van der Waals surface area contributed by atoms with Crippen LogP contribution in [0.5, 0.6) is 5.75 Å². The molecule has 0 unspecified atom stereocenters. The van der Waals surface area contributed by atoms with Crippen LogP contribution in [0.15, 0.2) is 109 Å². The summed E-state index contributed by atoms with van der Waals surface area (Å²) in [5.41, 5.74) is 2.09. The number of rotatable bonds is 11. The molecule has 1 N–H and O–H groups in total. The predicted octanol–water partition coefficient (Wildman–Crippen LogP) is 6.85. The Hall–Kier alpha value is -4.58. The van der Waals surface area contributed by atoms with Crippen molar-refractivity contribution in [2.24, 2.45) is 11.8 Å². The number of nitrogens with one attached hydrogen (secondary N) is 1. The molecule has 0 aliphatic heterocycles. The van der Waals surface area contributed by atoms with E-state index in [-0.39, 0.29) is 18.0 Å². The SMILES string of the molecule is CC(C)C(=O)[C@@H](C(=O)Nc1ccccc1OCc1ccccc1)[C@H](C(=O)c1ccc(F)cc1)c1ccccc1. The lowest BCUT2D eigenvalue weighted by Gasteiger charge is -2.27. The molecular formula is C33H30FNO4. The highest BCUT2D eigenvalue weighted by Gasteiger charge is 2.41. The van der Waals surface area contributed by atoms with E-state index in [4.69, 9.17) is 4.74 Å². The van der Waals surface area contributed by atoms with Gasteiger partial charge in [0.15, 0.2) is 5.78 Å². The van der Waals surface area contributed by atoms with Crippen molar-refractivity contribution < 1.29 is 23.5 Å². The van der Waals surface area contributed by atoms with Crippen LogP contribution in [0, 0.1) is 17.7 Å². The van der Waals surface area contributed by atoms with E-state index in [0.717, 1.165) is 5.56 Å². The number of carbonyl (C=O) groups excluding carboxylic acids is 3. The molecule has 0 spiro atoms. The van der Waals surface area contributed by atoms with Gasteiger partial charge in [-0.3, -0.25) is 14.4 Å². The van der Waals surface area contributed by atoms with E-state index in [1.54, 1.807) is 68.4 Å². The molecule has 4 rings (SSSR count). The number of anilines is 1. The molecule has 4 aromatic rings. The van der Waals surface area contributed by atoms with Crippen molar-refractivity contribution >= 4 is 23.2 Å². The van der Waals surface area contributed by atoms with Crippen LogP contribution in [0.4, 0.5) is 10.1 Å². The molecule has 2 atom stereocenters. The number of benzene rings is 4. The van der Waals surface area contributed by atoms with Gasteiger partial charge in [0.05, 0.1) is 11.6 Å². The molecular weight excluding hydrogens is 493 g/mol. The van der Waals surface area contributed by atoms with E-state index in [9.17, 15) is 18.8 Å². The molecule has 6 heteroatoms. The zero-order chi connectivity index (χ0) is 27.8. The van der Waals surface area contributed by atoms with E-state index < -0.39 is 35.3 Å². The third kappa shape index (κ3) is 6.85. The summed E-state index contributed by atoms with van der Waals surface area (Å²) in [5, 5.41) is 2.85. The highest BCUT2D eigenvalue weighted by Crippen LogP contribution is 2.34. The molecule has 0 heterocycles. The van der Waals surface area contributed by atoms with E-state index in [1.807, 2.05) is 30.3 Å². The molecule has 0 bridgehead atoms. The third-order valence-electron chi connectivity index (χ3n) is 6.44. The summed E-state index contributed by atoms with van der Waals surface area (Å²) < 4.78 is 19.6. The van der Waals surface area contributed by atoms with Crippen LogP contribution >= 0.6 is 0 Å². The minimum Gasteiger partial charge on any atom is -0.487 e. The van der Waals surface area contributed by atoms with Gasteiger partial charge in [-0.15, -0.1) is 0 Å². The lowest BCUT2D eigenvalue weighted by molar-refractivity contribution is -0.133. The van der Waals surface area contributed by atoms with Gasteiger partial charge < -0.3 is 10.1 Å². The molecule has 39 heavy (non-hydrogen) atoms. The van der Waals surface area contributed by atoms with Crippen molar-refractivity contribution in [3.8, 4) is 5.75 Å². The van der Waals surface area contributed by atoms with Crippen LogP contribution in [0.1, 0.15) is 41.3 Å². The first kappa shape index (κ1) is 27.5. The average molecular weight is 524 g/mol. The van der Waals surface area contributed by atoms with Crippen LogP contribution in [0.3, 0.4) is 0 Å². The Morgan fingerprint density at radius 3 is 2.00 bits per heavy atom. The van der Waals surface area contributed by atoms with E-state index in [2.05, 4.69) is 5.32 Å². The second-order valence-corrected chi connectivity index (χ2v) is 9.55. The summed E-state index contributed by atoms with van der Waals surface area (Å²) in [6.07, 6.45) is 0. The quantitative estimate of drug-likeness (QED) is 0.172. The Labute approximate surface area is 227 Å². The van der Waals surface area contributed by atoms with E-state index >= 15 is 0 Å². The van der Waals surface area contributed by atoms with Crippen molar-refractivity contribution in [2.45, 2.75) is 26.4 Å². The van der Waals surface area contributed by atoms with Crippen LogP contribution in [0.2, 0.25) is 0 Å². The van der Waals surface area contributed by atoms with Gasteiger partial charge in [-0.2, -0.15) is 0 Å².